The van der Waals surface area contributed by atoms with E-state index in [1.807, 2.05) is 24.3 Å². The van der Waals surface area contributed by atoms with E-state index < -0.39 is 12.2 Å². The van der Waals surface area contributed by atoms with Crippen LogP contribution in [0.25, 0.3) is 0 Å². The highest BCUT2D eigenvalue weighted by Gasteiger charge is 2.24. The van der Waals surface area contributed by atoms with Gasteiger partial charge in [-0.3, -0.25) is 14.6 Å². The highest BCUT2D eigenvalue weighted by atomic mass is 19.1. The van der Waals surface area contributed by atoms with Crippen LogP contribution in [-0.2, 0) is 20.9 Å². The number of hydrogen-bond donors (Lipinski definition) is 1. The van der Waals surface area contributed by atoms with Gasteiger partial charge in [-0.15, -0.1) is 0 Å². The Balaban J connectivity index is 1.19. The summed E-state index contributed by atoms with van der Waals surface area (Å²) in [5.41, 5.74) is 2.72. The molecule has 1 saturated heterocycles. The molecule has 1 aromatic rings. The van der Waals surface area contributed by atoms with Crippen LogP contribution in [-0.4, -0.2) is 66.8 Å². The predicted molar refractivity (Wildman–Crippen MR) is 124 cm³/mol. The number of piperazine rings is 1. The number of dihydropyridines is 1. The standard InChI is InChI=1S/C25H29FN4O3/c26-23-16-20(10-11-27-23)25(32)28-17-24(31)30-14-12-29(13-15-30)21-6-8-22(9-7-21)33-18-19-4-2-1-3-5-19/h1-6,8,10-11,23H,7,9,12-18H2,(H,28,32). The van der Waals surface area contributed by atoms with Crippen molar-refractivity contribution in [3.8, 4) is 0 Å². The number of alkyl halides is 1. The maximum atomic E-state index is 13.3. The van der Waals surface area contributed by atoms with E-state index in [2.05, 4.69) is 33.4 Å². The molecule has 33 heavy (non-hydrogen) atoms. The molecule has 2 aliphatic heterocycles. The van der Waals surface area contributed by atoms with Gasteiger partial charge in [-0.05, 0) is 30.2 Å². The van der Waals surface area contributed by atoms with Crippen LogP contribution in [0, 0.1) is 0 Å². The van der Waals surface area contributed by atoms with Crippen molar-refractivity contribution in [2.75, 3.05) is 32.7 Å². The van der Waals surface area contributed by atoms with E-state index >= 15 is 0 Å². The van der Waals surface area contributed by atoms with E-state index in [4.69, 9.17) is 4.74 Å². The summed E-state index contributed by atoms with van der Waals surface area (Å²) < 4.78 is 19.2. The van der Waals surface area contributed by atoms with Gasteiger partial charge in [0.25, 0.3) is 0 Å². The second-order valence-corrected chi connectivity index (χ2v) is 8.24. The van der Waals surface area contributed by atoms with Gasteiger partial charge >= 0.3 is 0 Å². The molecule has 1 N–H and O–H groups in total. The highest BCUT2D eigenvalue weighted by Crippen LogP contribution is 2.24. The van der Waals surface area contributed by atoms with Crippen LogP contribution < -0.4 is 5.32 Å². The van der Waals surface area contributed by atoms with E-state index in [1.165, 1.54) is 18.0 Å². The SMILES string of the molecule is O=C(NCC(=O)N1CCN(C2=CC=C(OCc3ccccc3)CC2)CC1)C1=CC=NC(F)C1. The minimum Gasteiger partial charge on any atom is -0.493 e. The van der Waals surface area contributed by atoms with Crippen LogP contribution in [0.2, 0.25) is 0 Å². The zero-order chi connectivity index (χ0) is 23.0. The Morgan fingerprint density at radius 1 is 1.06 bits per heavy atom. The van der Waals surface area contributed by atoms with Crippen molar-refractivity contribution < 1.29 is 18.7 Å². The Morgan fingerprint density at radius 2 is 1.85 bits per heavy atom. The van der Waals surface area contributed by atoms with Gasteiger partial charge < -0.3 is 19.9 Å². The number of benzene rings is 1. The van der Waals surface area contributed by atoms with Gasteiger partial charge in [-0.2, -0.15) is 0 Å². The summed E-state index contributed by atoms with van der Waals surface area (Å²) in [7, 11) is 0. The average molecular weight is 453 g/mol. The number of aliphatic imine (C=N–C) groups is 1. The minimum atomic E-state index is -1.39. The summed E-state index contributed by atoms with van der Waals surface area (Å²) >= 11 is 0. The first-order valence-electron chi connectivity index (χ1n) is 11.3. The van der Waals surface area contributed by atoms with Crippen molar-refractivity contribution >= 4 is 18.0 Å². The van der Waals surface area contributed by atoms with Crippen LogP contribution in [0.5, 0.6) is 0 Å². The van der Waals surface area contributed by atoms with Crippen molar-refractivity contribution in [1.82, 2.24) is 15.1 Å². The van der Waals surface area contributed by atoms with Crippen molar-refractivity contribution in [3.05, 3.63) is 71.2 Å². The topological polar surface area (TPSA) is 74.2 Å². The number of allylic oxidation sites excluding steroid dienone is 5. The number of hydrogen-bond acceptors (Lipinski definition) is 5. The number of amides is 2. The first-order valence-corrected chi connectivity index (χ1v) is 11.3. The first kappa shape index (κ1) is 22.8. The predicted octanol–water partition coefficient (Wildman–Crippen LogP) is 2.72. The normalized spacial score (nSPS) is 20.5. The summed E-state index contributed by atoms with van der Waals surface area (Å²) in [5, 5.41) is 2.60. The lowest BCUT2D eigenvalue weighted by Crippen LogP contribution is -2.51. The molecule has 0 radical (unpaired) electrons. The number of nitrogens with zero attached hydrogens (tertiary/aromatic N) is 3. The highest BCUT2D eigenvalue weighted by molar-refractivity contribution is 5.99. The lowest BCUT2D eigenvalue weighted by Gasteiger charge is -2.38. The van der Waals surface area contributed by atoms with Gasteiger partial charge in [0.05, 0.1) is 12.3 Å². The summed E-state index contributed by atoms with van der Waals surface area (Å²) in [4.78, 5) is 32.3. The maximum Gasteiger partial charge on any atom is 0.247 e. The van der Waals surface area contributed by atoms with Gasteiger partial charge in [-0.25, -0.2) is 4.39 Å². The molecule has 4 rings (SSSR count). The Labute approximate surface area is 193 Å². The lowest BCUT2D eigenvalue weighted by molar-refractivity contribution is -0.133. The third-order valence-corrected chi connectivity index (χ3v) is 6.00. The van der Waals surface area contributed by atoms with Crippen LogP contribution in [0.4, 0.5) is 4.39 Å². The van der Waals surface area contributed by atoms with Crippen molar-refractivity contribution in [2.45, 2.75) is 32.2 Å². The molecule has 1 atom stereocenters. The fourth-order valence-electron chi connectivity index (χ4n) is 4.06. The lowest BCUT2D eigenvalue weighted by atomic mass is 10.1. The van der Waals surface area contributed by atoms with E-state index in [9.17, 15) is 14.0 Å². The minimum absolute atomic E-state index is 0.0578. The molecule has 7 nitrogen and oxygen atoms in total. The first-order chi connectivity index (χ1) is 16.1. The Morgan fingerprint density at radius 3 is 2.55 bits per heavy atom. The largest absolute Gasteiger partial charge is 0.493 e. The molecular weight excluding hydrogens is 423 g/mol. The third kappa shape index (κ3) is 6.31. The zero-order valence-corrected chi connectivity index (χ0v) is 18.6. The molecule has 8 heteroatoms. The van der Waals surface area contributed by atoms with Crippen molar-refractivity contribution in [3.63, 3.8) is 0 Å². The molecule has 1 aromatic carbocycles. The summed E-state index contributed by atoms with van der Waals surface area (Å²) in [6, 6.07) is 10.1. The Kier molecular flexibility index (Phi) is 7.55. The number of ether oxygens (including phenoxy) is 1. The quantitative estimate of drug-likeness (QED) is 0.646. The number of carbonyl (C=O) groups excluding carboxylic acids is 2. The van der Waals surface area contributed by atoms with Crippen LogP contribution in [0.1, 0.15) is 24.8 Å². The van der Waals surface area contributed by atoms with Gasteiger partial charge in [-0.1, -0.05) is 30.3 Å². The van der Waals surface area contributed by atoms with E-state index in [0.717, 1.165) is 37.3 Å². The molecule has 1 aliphatic carbocycles. The molecule has 1 unspecified atom stereocenters. The fraction of sp³-hybridized carbons (Fsp3) is 0.400. The summed E-state index contributed by atoms with van der Waals surface area (Å²) in [6.45, 7) is 3.21. The Hall–Kier alpha value is -3.42. The van der Waals surface area contributed by atoms with Crippen LogP contribution in [0.3, 0.4) is 0 Å². The summed E-state index contributed by atoms with van der Waals surface area (Å²) in [5.74, 6) is 0.449. The number of halogens is 1. The van der Waals surface area contributed by atoms with E-state index in [0.29, 0.717) is 25.3 Å². The molecule has 0 aromatic heterocycles. The fourth-order valence-corrected chi connectivity index (χ4v) is 4.06. The van der Waals surface area contributed by atoms with Gasteiger partial charge in [0.15, 0.2) is 6.30 Å². The molecule has 0 saturated carbocycles. The zero-order valence-electron chi connectivity index (χ0n) is 18.6. The second-order valence-electron chi connectivity index (χ2n) is 8.24. The third-order valence-electron chi connectivity index (χ3n) is 6.00. The van der Waals surface area contributed by atoms with E-state index in [1.54, 1.807) is 4.90 Å². The second kappa shape index (κ2) is 10.9. The van der Waals surface area contributed by atoms with Gasteiger partial charge in [0.1, 0.15) is 6.61 Å². The molecule has 174 valence electrons. The average Bonchev–Trinajstić information content (AvgIpc) is 2.87. The number of nitrogens with one attached hydrogen (secondary N) is 1. The molecule has 3 aliphatic rings. The molecule has 0 bridgehead atoms. The molecule has 2 amide bonds. The molecule has 2 heterocycles. The van der Waals surface area contributed by atoms with Crippen molar-refractivity contribution in [2.24, 2.45) is 4.99 Å². The molecule has 1 fully saturated rings. The number of carbonyl (C=O) groups is 2. The van der Waals surface area contributed by atoms with Gasteiger partial charge in [0, 0.05) is 56.5 Å². The maximum absolute atomic E-state index is 13.3. The Bertz CT molecular complexity index is 979. The van der Waals surface area contributed by atoms with E-state index in [-0.39, 0.29) is 18.9 Å². The summed E-state index contributed by atoms with van der Waals surface area (Å²) in [6.07, 6.45) is 7.26. The monoisotopic (exact) mass is 452 g/mol. The van der Waals surface area contributed by atoms with Crippen LogP contribution in [0.15, 0.2) is 70.6 Å². The molecule has 0 spiro atoms. The van der Waals surface area contributed by atoms with Crippen LogP contribution >= 0.6 is 0 Å². The van der Waals surface area contributed by atoms with Gasteiger partial charge in [0.2, 0.25) is 11.8 Å². The number of rotatable bonds is 7. The molecular formula is C25H29FN4O3. The smallest absolute Gasteiger partial charge is 0.247 e. The van der Waals surface area contributed by atoms with Crippen molar-refractivity contribution in [1.29, 1.82) is 0 Å².